The number of hydrogen-bond acceptors (Lipinski definition) is 10. The van der Waals surface area contributed by atoms with Crippen molar-refractivity contribution in [3.05, 3.63) is 42.7 Å². The Labute approximate surface area is 226 Å². The molecule has 2 aromatic heterocycles. The van der Waals surface area contributed by atoms with Crippen molar-refractivity contribution < 1.29 is 23.8 Å². The summed E-state index contributed by atoms with van der Waals surface area (Å²) < 4.78 is 16.6. The van der Waals surface area contributed by atoms with Gasteiger partial charge in [-0.05, 0) is 44.3 Å². The maximum Gasteiger partial charge on any atom is 0.414 e. The van der Waals surface area contributed by atoms with E-state index in [-0.39, 0.29) is 12.5 Å². The number of benzene rings is 1. The Bertz CT molecular complexity index is 1350. The summed E-state index contributed by atoms with van der Waals surface area (Å²) in [5.74, 6) is 1.18. The molecule has 39 heavy (non-hydrogen) atoms. The molecule has 2 aliphatic rings. The predicted molar refractivity (Wildman–Crippen MR) is 146 cm³/mol. The lowest BCUT2D eigenvalue weighted by molar-refractivity contribution is -0.117. The third-order valence-electron chi connectivity index (χ3n) is 6.43. The quantitative estimate of drug-likeness (QED) is 0.461. The van der Waals surface area contributed by atoms with Crippen molar-refractivity contribution in [1.29, 1.82) is 0 Å². The SMILES string of the molecule is COc1nc(Nc2cnc3c(c2)N(C(=O)OCCN(C)C)CCO3)ncc1-c1ccc(N2CCCC2=O)cc1. The molecule has 0 unspecified atom stereocenters. The number of rotatable bonds is 8. The van der Waals surface area contributed by atoms with Gasteiger partial charge in [0.05, 0.1) is 31.1 Å². The Kier molecular flexibility index (Phi) is 7.73. The van der Waals surface area contributed by atoms with Gasteiger partial charge in [0.2, 0.25) is 23.6 Å². The molecule has 0 radical (unpaired) electrons. The van der Waals surface area contributed by atoms with Gasteiger partial charge in [0.1, 0.15) is 18.9 Å². The molecule has 0 spiro atoms. The molecule has 0 saturated carbocycles. The zero-order chi connectivity index (χ0) is 27.4. The van der Waals surface area contributed by atoms with Crippen LogP contribution in [0.3, 0.4) is 0 Å². The molecule has 1 aromatic carbocycles. The molecular formula is C27H31N7O5. The van der Waals surface area contributed by atoms with Crippen molar-refractivity contribution in [3.8, 4) is 22.9 Å². The summed E-state index contributed by atoms with van der Waals surface area (Å²) >= 11 is 0. The smallest absolute Gasteiger partial charge is 0.414 e. The van der Waals surface area contributed by atoms with Crippen LogP contribution >= 0.6 is 0 Å². The van der Waals surface area contributed by atoms with Crippen LogP contribution in [0.15, 0.2) is 42.7 Å². The first kappa shape index (κ1) is 26.2. The normalized spacial score (nSPS) is 14.7. The van der Waals surface area contributed by atoms with Crippen LogP contribution in [-0.2, 0) is 9.53 Å². The molecule has 1 N–H and O–H groups in total. The fourth-order valence-corrected chi connectivity index (χ4v) is 4.40. The number of hydrogen-bond donors (Lipinski definition) is 1. The lowest BCUT2D eigenvalue weighted by atomic mass is 10.1. The first-order chi connectivity index (χ1) is 18.9. The van der Waals surface area contributed by atoms with E-state index in [4.69, 9.17) is 14.2 Å². The highest BCUT2D eigenvalue weighted by Gasteiger charge is 2.27. The summed E-state index contributed by atoms with van der Waals surface area (Å²) in [7, 11) is 5.37. The van der Waals surface area contributed by atoms with Crippen LogP contribution in [0.4, 0.5) is 27.8 Å². The Balaban J connectivity index is 1.32. The van der Waals surface area contributed by atoms with E-state index in [1.165, 1.54) is 4.90 Å². The third-order valence-corrected chi connectivity index (χ3v) is 6.43. The second kappa shape index (κ2) is 11.5. The zero-order valence-corrected chi connectivity index (χ0v) is 22.2. The molecule has 0 aliphatic carbocycles. The fraction of sp³-hybridized carbons (Fsp3) is 0.370. The minimum absolute atomic E-state index is 0.145. The highest BCUT2D eigenvalue weighted by Crippen LogP contribution is 2.34. The number of fused-ring (bicyclic) bond motifs is 1. The molecule has 5 rings (SSSR count). The number of carbonyl (C=O) groups excluding carboxylic acids is 2. The van der Waals surface area contributed by atoms with Crippen molar-refractivity contribution >= 4 is 35.0 Å². The van der Waals surface area contributed by atoms with Crippen molar-refractivity contribution in [2.75, 3.05) is 69.2 Å². The summed E-state index contributed by atoms with van der Waals surface area (Å²) in [6.45, 7) is 2.32. The monoisotopic (exact) mass is 533 g/mol. The summed E-state index contributed by atoms with van der Waals surface area (Å²) in [4.78, 5) is 43.3. The van der Waals surface area contributed by atoms with Crippen molar-refractivity contribution in [2.24, 2.45) is 0 Å². The van der Waals surface area contributed by atoms with E-state index in [0.717, 1.165) is 24.2 Å². The van der Waals surface area contributed by atoms with Crippen LogP contribution in [0.5, 0.6) is 11.8 Å². The average Bonchev–Trinajstić information content (AvgIpc) is 3.38. The van der Waals surface area contributed by atoms with Gasteiger partial charge in [0, 0.05) is 31.4 Å². The molecule has 3 aromatic rings. The maximum atomic E-state index is 12.7. The summed E-state index contributed by atoms with van der Waals surface area (Å²) in [5, 5.41) is 3.13. The minimum Gasteiger partial charge on any atom is -0.480 e. The number of amides is 2. The number of nitrogens with one attached hydrogen (secondary N) is 1. The van der Waals surface area contributed by atoms with Crippen LogP contribution in [0, 0.1) is 0 Å². The van der Waals surface area contributed by atoms with Gasteiger partial charge in [-0.2, -0.15) is 4.98 Å². The average molecular weight is 534 g/mol. The number of methoxy groups -OCH3 is 1. The Hall–Kier alpha value is -4.45. The number of likely N-dealkylation sites (N-methyl/N-ethyl adjacent to an activating group) is 1. The van der Waals surface area contributed by atoms with Crippen molar-refractivity contribution in [3.63, 3.8) is 0 Å². The predicted octanol–water partition coefficient (Wildman–Crippen LogP) is 3.31. The van der Waals surface area contributed by atoms with Gasteiger partial charge in [-0.25, -0.2) is 14.8 Å². The second-order valence-electron chi connectivity index (χ2n) is 9.40. The van der Waals surface area contributed by atoms with Crippen molar-refractivity contribution in [1.82, 2.24) is 19.9 Å². The van der Waals surface area contributed by atoms with Gasteiger partial charge in [-0.1, -0.05) is 12.1 Å². The maximum absolute atomic E-state index is 12.7. The molecule has 12 nitrogen and oxygen atoms in total. The van der Waals surface area contributed by atoms with Gasteiger partial charge in [0.15, 0.2) is 0 Å². The topological polar surface area (TPSA) is 122 Å². The van der Waals surface area contributed by atoms with Gasteiger partial charge >= 0.3 is 6.09 Å². The highest BCUT2D eigenvalue weighted by atomic mass is 16.6. The van der Waals surface area contributed by atoms with E-state index in [9.17, 15) is 9.59 Å². The van der Waals surface area contributed by atoms with E-state index in [2.05, 4.69) is 20.3 Å². The van der Waals surface area contributed by atoms with Crippen LogP contribution in [0.1, 0.15) is 12.8 Å². The number of anilines is 4. The van der Waals surface area contributed by atoms with Gasteiger partial charge < -0.3 is 29.3 Å². The number of nitrogens with zero attached hydrogens (tertiary/aromatic N) is 6. The van der Waals surface area contributed by atoms with Crippen molar-refractivity contribution in [2.45, 2.75) is 12.8 Å². The summed E-state index contributed by atoms with van der Waals surface area (Å²) in [6.07, 6.45) is 4.27. The molecule has 0 bridgehead atoms. The van der Waals surface area contributed by atoms with Crippen LogP contribution in [0.2, 0.25) is 0 Å². The molecular weight excluding hydrogens is 502 g/mol. The van der Waals surface area contributed by atoms with E-state index >= 15 is 0 Å². The third kappa shape index (κ3) is 5.85. The number of pyridine rings is 1. The van der Waals surface area contributed by atoms with Crippen LogP contribution in [0.25, 0.3) is 11.1 Å². The largest absolute Gasteiger partial charge is 0.480 e. The molecule has 2 amide bonds. The Morgan fingerprint density at radius 1 is 1.15 bits per heavy atom. The number of carbonyl (C=O) groups is 2. The standard InChI is InChI=1S/C27H31N7O5/c1-32(2)11-13-39-27(36)34-12-14-38-25-22(34)15-19(16-28-25)30-26-29-17-21(24(31-26)37-3)18-6-8-20(9-7-18)33-10-4-5-23(33)35/h6-9,15-17H,4-5,10-14H2,1-3H3,(H,29,30,31). The molecule has 1 fully saturated rings. The molecule has 12 heteroatoms. The van der Waals surface area contributed by atoms with Gasteiger partial charge in [-0.15, -0.1) is 0 Å². The first-order valence-corrected chi connectivity index (χ1v) is 12.7. The molecule has 204 valence electrons. The minimum atomic E-state index is -0.456. The van der Waals surface area contributed by atoms with Crippen LogP contribution in [-0.4, -0.2) is 85.9 Å². The molecule has 1 saturated heterocycles. The van der Waals surface area contributed by atoms with E-state index in [0.29, 0.717) is 60.8 Å². The Morgan fingerprint density at radius 2 is 1.97 bits per heavy atom. The van der Waals surface area contributed by atoms with E-state index in [1.807, 2.05) is 43.3 Å². The molecule has 2 aliphatic heterocycles. The number of ether oxygens (including phenoxy) is 3. The Morgan fingerprint density at radius 3 is 2.69 bits per heavy atom. The fourth-order valence-electron chi connectivity index (χ4n) is 4.40. The summed E-state index contributed by atoms with van der Waals surface area (Å²) in [5.41, 5.74) is 3.52. The molecule has 0 atom stereocenters. The highest BCUT2D eigenvalue weighted by molar-refractivity contribution is 5.95. The van der Waals surface area contributed by atoms with Crippen LogP contribution < -0.4 is 24.6 Å². The van der Waals surface area contributed by atoms with Gasteiger partial charge in [-0.3, -0.25) is 9.69 Å². The van der Waals surface area contributed by atoms with E-state index in [1.54, 1.807) is 30.5 Å². The number of aromatic nitrogens is 3. The zero-order valence-electron chi connectivity index (χ0n) is 22.2. The molecule has 4 heterocycles. The van der Waals surface area contributed by atoms with Gasteiger partial charge in [0.25, 0.3) is 0 Å². The first-order valence-electron chi connectivity index (χ1n) is 12.7. The lowest BCUT2D eigenvalue weighted by Crippen LogP contribution is -2.39. The lowest BCUT2D eigenvalue weighted by Gasteiger charge is -2.28. The second-order valence-corrected chi connectivity index (χ2v) is 9.40. The van der Waals surface area contributed by atoms with E-state index < -0.39 is 6.09 Å². The summed E-state index contributed by atoms with van der Waals surface area (Å²) in [6, 6.07) is 9.44.